The van der Waals surface area contributed by atoms with Crippen LogP contribution in [0.3, 0.4) is 0 Å². The van der Waals surface area contributed by atoms with Crippen molar-refractivity contribution in [1.29, 1.82) is 0 Å². The standard InChI is InChI=1S/C22H23FN2O4/c1-13(2)9-20(26)25-12-16-6-4-3-5-14(16)11-19(25)21(27)24-18-10-15(22(28)29)7-8-17(18)23/h3-8,10,13,19H,9,11-12H2,1-2H3,(H,24,27)(H,28,29). The predicted octanol–water partition coefficient (Wildman–Crippen LogP) is 3.46. The number of anilines is 1. The van der Waals surface area contributed by atoms with Crippen LogP contribution in [-0.2, 0) is 22.6 Å². The number of fused-ring (bicyclic) bond motifs is 1. The first-order valence-corrected chi connectivity index (χ1v) is 9.46. The number of nitrogens with zero attached hydrogens (tertiary/aromatic N) is 1. The minimum atomic E-state index is -1.22. The summed E-state index contributed by atoms with van der Waals surface area (Å²) in [6.45, 7) is 4.16. The van der Waals surface area contributed by atoms with E-state index in [1.165, 1.54) is 4.90 Å². The van der Waals surface area contributed by atoms with Gasteiger partial charge < -0.3 is 15.3 Å². The van der Waals surface area contributed by atoms with Gasteiger partial charge in [0.1, 0.15) is 11.9 Å². The van der Waals surface area contributed by atoms with E-state index >= 15 is 0 Å². The van der Waals surface area contributed by atoms with Gasteiger partial charge in [0.05, 0.1) is 11.3 Å². The molecule has 3 rings (SSSR count). The smallest absolute Gasteiger partial charge is 0.335 e. The number of carboxylic acid groups (broad SMARTS) is 1. The van der Waals surface area contributed by atoms with Gasteiger partial charge in [-0.25, -0.2) is 9.18 Å². The lowest BCUT2D eigenvalue weighted by atomic mass is 9.92. The van der Waals surface area contributed by atoms with Crippen molar-refractivity contribution in [2.45, 2.75) is 39.3 Å². The summed E-state index contributed by atoms with van der Waals surface area (Å²) < 4.78 is 14.1. The molecule has 1 heterocycles. The Balaban J connectivity index is 1.89. The molecular formula is C22H23FN2O4. The zero-order valence-electron chi connectivity index (χ0n) is 16.3. The molecule has 0 saturated heterocycles. The number of aromatic carboxylic acids is 1. The van der Waals surface area contributed by atoms with Crippen LogP contribution in [0.1, 0.15) is 41.8 Å². The third-order valence-electron chi connectivity index (χ3n) is 4.93. The fourth-order valence-corrected chi connectivity index (χ4v) is 3.46. The Bertz CT molecular complexity index is 958. The van der Waals surface area contributed by atoms with Crippen molar-refractivity contribution in [3.05, 3.63) is 65.0 Å². The Morgan fingerprint density at radius 1 is 1.17 bits per heavy atom. The third kappa shape index (κ3) is 4.62. The molecule has 2 N–H and O–H groups in total. The van der Waals surface area contributed by atoms with E-state index in [0.717, 1.165) is 29.3 Å². The molecule has 29 heavy (non-hydrogen) atoms. The second-order valence-corrected chi connectivity index (χ2v) is 7.60. The zero-order chi connectivity index (χ0) is 21.1. The normalized spacial score (nSPS) is 15.7. The Morgan fingerprint density at radius 2 is 1.86 bits per heavy atom. The van der Waals surface area contributed by atoms with Crippen molar-refractivity contribution in [3.8, 4) is 0 Å². The second kappa shape index (κ2) is 8.43. The van der Waals surface area contributed by atoms with Gasteiger partial charge in [-0.3, -0.25) is 9.59 Å². The lowest BCUT2D eigenvalue weighted by molar-refractivity contribution is -0.140. The molecule has 152 valence electrons. The highest BCUT2D eigenvalue weighted by Gasteiger charge is 2.35. The van der Waals surface area contributed by atoms with E-state index in [-0.39, 0.29) is 23.1 Å². The van der Waals surface area contributed by atoms with Crippen molar-refractivity contribution in [3.63, 3.8) is 0 Å². The Hall–Kier alpha value is -3.22. The lowest BCUT2D eigenvalue weighted by Gasteiger charge is -2.36. The largest absolute Gasteiger partial charge is 0.478 e. The summed E-state index contributed by atoms with van der Waals surface area (Å²) >= 11 is 0. The fraction of sp³-hybridized carbons (Fsp3) is 0.318. The molecule has 2 aromatic rings. The van der Waals surface area contributed by atoms with E-state index in [4.69, 9.17) is 5.11 Å². The number of carboxylic acids is 1. The maximum Gasteiger partial charge on any atom is 0.335 e. The van der Waals surface area contributed by atoms with Gasteiger partial charge in [-0.2, -0.15) is 0 Å². The Morgan fingerprint density at radius 3 is 2.52 bits per heavy atom. The highest BCUT2D eigenvalue weighted by atomic mass is 19.1. The summed E-state index contributed by atoms with van der Waals surface area (Å²) in [5, 5.41) is 11.6. The van der Waals surface area contributed by atoms with Gasteiger partial charge in [0.2, 0.25) is 11.8 Å². The van der Waals surface area contributed by atoms with Crippen LogP contribution in [0.2, 0.25) is 0 Å². The van der Waals surface area contributed by atoms with E-state index in [9.17, 15) is 18.8 Å². The van der Waals surface area contributed by atoms with E-state index in [2.05, 4.69) is 5.32 Å². The highest BCUT2D eigenvalue weighted by Crippen LogP contribution is 2.26. The lowest BCUT2D eigenvalue weighted by Crippen LogP contribution is -2.51. The van der Waals surface area contributed by atoms with Crippen LogP contribution in [0.5, 0.6) is 0 Å². The molecule has 6 nitrogen and oxygen atoms in total. The zero-order valence-corrected chi connectivity index (χ0v) is 16.3. The van der Waals surface area contributed by atoms with Gasteiger partial charge in [-0.05, 0) is 35.2 Å². The number of carbonyl (C=O) groups is 3. The number of amides is 2. The van der Waals surface area contributed by atoms with Gasteiger partial charge in [0.15, 0.2) is 0 Å². The molecule has 0 radical (unpaired) electrons. The third-order valence-corrected chi connectivity index (χ3v) is 4.93. The van der Waals surface area contributed by atoms with Crippen LogP contribution >= 0.6 is 0 Å². The average Bonchev–Trinajstić information content (AvgIpc) is 2.67. The number of hydrogen-bond donors (Lipinski definition) is 2. The second-order valence-electron chi connectivity index (χ2n) is 7.60. The minimum Gasteiger partial charge on any atom is -0.478 e. The Labute approximate surface area is 168 Å². The molecule has 7 heteroatoms. The van der Waals surface area contributed by atoms with E-state index in [0.29, 0.717) is 19.4 Å². The molecule has 2 amide bonds. The van der Waals surface area contributed by atoms with Crippen LogP contribution < -0.4 is 5.32 Å². The molecule has 0 aliphatic carbocycles. The first-order valence-electron chi connectivity index (χ1n) is 9.46. The average molecular weight is 398 g/mol. The van der Waals surface area contributed by atoms with Crippen LogP contribution in [-0.4, -0.2) is 33.8 Å². The maximum absolute atomic E-state index is 14.1. The molecule has 2 aromatic carbocycles. The molecule has 1 atom stereocenters. The number of rotatable bonds is 5. The molecule has 0 aromatic heterocycles. The van der Waals surface area contributed by atoms with Gasteiger partial charge in [-0.15, -0.1) is 0 Å². The maximum atomic E-state index is 14.1. The Kier molecular flexibility index (Phi) is 5.96. The van der Waals surface area contributed by atoms with Gasteiger partial charge in [0.25, 0.3) is 0 Å². The highest BCUT2D eigenvalue weighted by molar-refractivity contribution is 5.99. The number of halogens is 1. The number of nitrogens with one attached hydrogen (secondary N) is 1. The first kappa shape index (κ1) is 20.5. The van der Waals surface area contributed by atoms with Gasteiger partial charge in [-0.1, -0.05) is 38.1 Å². The molecule has 0 saturated carbocycles. The van der Waals surface area contributed by atoms with Crippen molar-refractivity contribution >= 4 is 23.5 Å². The molecule has 0 fully saturated rings. The van der Waals surface area contributed by atoms with Crippen LogP contribution in [0.25, 0.3) is 0 Å². The summed E-state index contributed by atoms with van der Waals surface area (Å²) in [6, 6.07) is 9.99. The molecule has 1 aliphatic rings. The predicted molar refractivity (Wildman–Crippen MR) is 106 cm³/mol. The topological polar surface area (TPSA) is 86.7 Å². The summed E-state index contributed by atoms with van der Waals surface area (Å²) in [4.78, 5) is 38.5. The summed E-state index contributed by atoms with van der Waals surface area (Å²) in [5.41, 5.74) is 1.59. The summed E-state index contributed by atoms with van der Waals surface area (Å²) in [7, 11) is 0. The van der Waals surface area contributed by atoms with E-state index in [1.807, 2.05) is 38.1 Å². The van der Waals surface area contributed by atoms with Crippen molar-refractivity contribution in [1.82, 2.24) is 4.90 Å². The number of benzene rings is 2. The van der Waals surface area contributed by atoms with Crippen LogP contribution in [0.15, 0.2) is 42.5 Å². The number of carbonyl (C=O) groups excluding carboxylic acids is 2. The van der Waals surface area contributed by atoms with Gasteiger partial charge >= 0.3 is 5.97 Å². The SMILES string of the molecule is CC(C)CC(=O)N1Cc2ccccc2CC1C(=O)Nc1cc(C(=O)O)ccc1F. The fourth-order valence-electron chi connectivity index (χ4n) is 3.46. The van der Waals surface area contributed by atoms with Gasteiger partial charge in [0, 0.05) is 19.4 Å². The summed E-state index contributed by atoms with van der Waals surface area (Å²) in [5.74, 6) is -2.51. The molecule has 0 spiro atoms. The minimum absolute atomic E-state index is 0.132. The first-order chi connectivity index (χ1) is 13.8. The van der Waals surface area contributed by atoms with Crippen LogP contribution in [0, 0.1) is 11.7 Å². The molecule has 0 bridgehead atoms. The summed E-state index contributed by atoms with van der Waals surface area (Å²) in [6.07, 6.45) is 0.612. The van der Waals surface area contributed by atoms with Crippen molar-refractivity contribution < 1.29 is 23.9 Å². The van der Waals surface area contributed by atoms with Crippen LogP contribution in [0.4, 0.5) is 10.1 Å². The molecule has 1 aliphatic heterocycles. The quantitative estimate of drug-likeness (QED) is 0.808. The van der Waals surface area contributed by atoms with E-state index in [1.54, 1.807) is 0 Å². The molecular weight excluding hydrogens is 375 g/mol. The van der Waals surface area contributed by atoms with E-state index < -0.39 is 23.7 Å². The number of hydrogen-bond acceptors (Lipinski definition) is 3. The van der Waals surface area contributed by atoms with Crippen molar-refractivity contribution in [2.75, 3.05) is 5.32 Å². The molecule has 1 unspecified atom stereocenters. The monoisotopic (exact) mass is 398 g/mol. The van der Waals surface area contributed by atoms with Crippen molar-refractivity contribution in [2.24, 2.45) is 5.92 Å².